The molecule has 0 bridgehead atoms. The minimum absolute atomic E-state index is 0.144. The van der Waals surface area contributed by atoms with E-state index in [0.717, 1.165) is 0 Å². The van der Waals surface area contributed by atoms with Crippen molar-refractivity contribution in [2.75, 3.05) is 0 Å². The van der Waals surface area contributed by atoms with Crippen LogP contribution in [0.3, 0.4) is 0 Å². The van der Waals surface area contributed by atoms with Crippen molar-refractivity contribution in [2.24, 2.45) is 0 Å². The maximum atomic E-state index is 11.9. The average Bonchev–Trinajstić information content (AvgIpc) is 2.38. The molecule has 3 N–H and O–H groups in total. The maximum absolute atomic E-state index is 11.9. The summed E-state index contributed by atoms with van der Waals surface area (Å²) in [6.07, 6.45) is -0.550. The fourth-order valence-corrected chi connectivity index (χ4v) is 2.05. The normalized spacial score (nSPS) is 11.7. The lowest BCUT2D eigenvalue weighted by atomic mass is 10.1. The van der Waals surface area contributed by atoms with Crippen LogP contribution in [0.15, 0.2) is 16.9 Å². The number of pyridine rings is 1. The first-order chi connectivity index (χ1) is 10.2. The number of aromatic nitrogens is 1. The van der Waals surface area contributed by atoms with E-state index in [1.807, 2.05) is 0 Å². The quantitative estimate of drug-likeness (QED) is 0.645. The molecule has 0 aliphatic rings. The molecule has 0 saturated heterocycles. The third kappa shape index (κ3) is 5.04. The zero-order chi connectivity index (χ0) is 16.9. The standard InChI is InChI=1S/C14H18N2O6/c1-8-5-10(17)6-9(2)16(8)7-12(18)15-11(14(21)22)3-4-13(19)20/h5-6,11H,3-4,7H2,1-2H3,(H,15,18)(H,19,20)(H,21,22)/t11-/m0/s1. The molecule has 0 spiro atoms. The molecule has 0 aliphatic heterocycles. The molecule has 0 aromatic carbocycles. The summed E-state index contributed by atoms with van der Waals surface area (Å²) in [4.78, 5) is 44.8. The molecule has 8 nitrogen and oxygen atoms in total. The predicted octanol–water partition coefficient (Wildman–Crippen LogP) is -0.101. The smallest absolute Gasteiger partial charge is 0.326 e. The van der Waals surface area contributed by atoms with Gasteiger partial charge >= 0.3 is 11.9 Å². The van der Waals surface area contributed by atoms with Gasteiger partial charge in [0.1, 0.15) is 12.6 Å². The fraction of sp³-hybridized carbons (Fsp3) is 0.429. The number of hydrogen-bond donors (Lipinski definition) is 3. The highest BCUT2D eigenvalue weighted by molar-refractivity contribution is 5.83. The first-order valence-corrected chi connectivity index (χ1v) is 6.62. The Balaban J connectivity index is 2.78. The van der Waals surface area contributed by atoms with Crippen LogP contribution in [0.2, 0.25) is 0 Å². The van der Waals surface area contributed by atoms with E-state index < -0.39 is 23.9 Å². The molecule has 0 aliphatic carbocycles. The van der Waals surface area contributed by atoms with E-state index in [1.54, 1.807) is 18.4 Å². The van der Waals surface area contributed by atoms with Crippen molar-refractivity contribution in [3.63, 3.8) is 0 Å². The molecule has 0 fully saturated rings. The molecule has 1 heterocycles. The molecule has 0 radical (unpaired) electrons. The number of nitrogens with one attached hydrogen (secondary N) is 1. The number of carboxylic acid groups (broad SMARTS) is 2. The average molecular weight is 310 g/mol. The summed E-state index contributed by atoms with van der Waals surface area (Å²) >= 11 is 0. The number of rotatable bonds is 7. The van der Waals surface area contributed by atoms with Gasteiger partial charge < -0.3 is 20.1 Å². The van der Waals surface area contributed by atoms with Crippen LogP contribution in [0, 0.1) is 13.8 Å². The van der Waals surface area contributed by atoms with Crippen molar-refractivity contribution < 1.29 is 24.6 Å². The summed E-state index contributed by atoms with van der Waals surface area (Å²) < 4.78 is 1.58. The van der Waals surface area contributed by atoms with Crippen LogP contribution in [0.4, 0.5) is 0 Å². The summed E-state index contributed by atoms with van der Waals surface area (Å²) in [5.74, 6) is -2.98. The van der Waals surface area contributed by atoms with Crippen LogP contribution < -0.4 is 10.7 Å². The third-order valence-electron chi connectivity index (χ3n) is 3.14. The molecular formula is C14H18N2O6. The number of aliphatic carboxylic acids is 2. The van der Waals surface area contributed by atoms with Crippen LogP contribution in [-0.4, -0.2) is 38.7 Å². The van der Waals surface area contributed by atoms with E-state index in [4.69, 9.17) is 10.2 Å². The molecule has 22 heavy (non-hydrogen) atoms. The number of amides is 1. The maximum Gasteiger partial charge on any atom is 0.326 e. The van der Waals surface area contributed by atoms with Crippen molar-refractivity contribution in [3.05, 3.63) is 33.7 Å². The second kappa shape index (κ2) is 7.39. The first kappa shape index (κ1) is 17.4. The molecule has 8 heteroatoms. The first-order valence-electron chi connectivity index (χ1n) is 6.62. The largest absolute Gasteiger partial charge is 0.481 e. The van der Waals surface area contributed by atoms with Crippen LogP contribution in [0.1, 0.15) is 24.2 Å². The Hall–Kier alpha value is -2.64. The molecule has 1 aromatic rings. The number of aryl methyl sites for hydroxylation is 2. The highest BCUT2D eigenvalue weighted by Gasteiger charge is 2.21. The van der Waals surface area contributed by atoms with E-state index in [9.17, 15) is 19.2 Å². The Morgan fingerprint density at radius 3 is 2.18 bits per heavy atom. The van der Waals surface area contributed by atoms with Gasteiger partial charge in [-0.25, -0.2) is 4.79 Å². The summed E-state index contributed by atoms with van der Waals surface area (Å²) in [6.45, 7) is 3.19. The Labute approximate surface area is 126 Å². The van der Waals surface area contributed by atoms with Gasteiger partial charge in [0.2, 0.25) is 5.91 Å². The summed E-state index contributed by atoms with van der Waals surface area (Å²) in [5.41, 5.74) is 0.992. The van der Waals surface area contributed by atoms with Gasteiger partial charge in [0.15, 0.2) is 5.43 Å². The molecule has 120 valence electrons. The van der Waals surface area contributed by atoms with Gasteiger partial charge in [-0.05, 0) is 20.3 Å². The van der Waals surface area contributed by atoms with Crippen LogP contribution in [0.25, 0.3) is 0 Å². The minimum atomic E-state index is -1.29. The molecule has 1 atom stereocenters. The Kier molecular flexibility index (Phi) is 5.85. The highest BCUT2D eigenvalue weighted by Crippen LogP contribution is 2.03. The summed E-state index contributed by atoms with van der Waals surface area (Å²) in [7, 11) is 0. The van der Waals surface area contributed by atoms with Gasteiger partial charge in [0.25, 0.3) is 0 Å². The number of hydrogen-bond acceptors (Lipinski definition) is 4. The van der Waals surface area contributed by atoms with Crippen LogP contribution in [-0.2, 0) is 20.9 Å². The number of carboxylic acids is 2. The zero-order valence-electron chi connectivity index (χ0n) is 12.3. The van der Waals surface area contributed by atoms with Crippen molar-refractivity contribution in [1.29, 1.82) is 0 Å². The van der Waals surface area contributed by atoms with E-state index in [-0.39, 0.29) is 24.8 Å². The van der Waals surface area contributed by atoms with Crippen molar-refractivity contribution in [1.82, 2.24) is 9.88 Å². The van der Waals surface area contributed by atoms with E-state index in [2.05, 4.69) is 5.32 Å². The molecule has 0 saturated carbocycles. The van der Waals surface area contributed by atoms with Gasteiger partial charge in [-0.2, -0.15) is 0 Å². The number of carbonyl (C=O) groups is 3. The lowest BCUT2D eigenvalue weighted by molar-refractivity contribution is -0.143. The predicted molar refractivity (Wildman–Crippen MR) is 76.6 cm³/mol. The SMILES string of the molecule is Cc1cc(=O)cc(C)n1CC(=O)N[C@@H](CCC(=O)O)C(=O)O. The summed E-state index contributed by atoms with van der Waals surface area (Å²) in [5, 5.41) is 19.9. The Morgan fingerprint density at radius 2 is 1.73 bits per heavy atom. The van der Waals surface area contributed by atoms with Crippen molar-refractivity contribution in [3.8, 4) is 0 Å². The Morgan fingerprint density at radius 1 is 1.18 bits per heavy atom. The van der Waals surface area contributed by atoms with Crippen molar-refractivity contribution in [2.45, 2.75) is 39.3 Å². The molecule has 1 amide bonds. The second-order valence-corrected chi connectivity index (χ2v) is 4.95. The summed E-state index contributed by atoms with van der Waals surface area (Å²) in [6, 6.07) is 1.49. The second-order valence-electron chi connectivity index (χ2n) is 4.95. The zero-order valence-corrected chi connectivity index (χ0v) is 12.3. The Bertz CT molecular complexity index is 623. The number of carbonyl (C=O) groups excluding carboxylic acids is 1. The highest BCUT2D eigenvalue weighted by atomic mass is 16.4. The number of nitrogens with zero attached hydrogens (tertiary/aromatic N) is 1. The van der Waals surface area contributed by atoms with Gasteiger partial charge in [0, 0.05) is 29.9 Å². The lowest BCUT2D eigenvalue weighted by Gasteiger charge is -2.17. The minimum Gasteiger partial charge on any atom is -0.481 e. The van der Waals surface area contributed by atoms with Crippen molar-refractivity contribution >= 4 is 17.8 Å². The molecule has 1 aromatic heterocycles. The van der Waals surface area contributed by atoms with Gasteiger partial charge in [-0.1, -0.05) is 0 Å². The fourth-order valence-electron chi connectivity index (χ4n) is 2.05. The monoisotopic (exact) mass is 310 g/mol. The molecule has 0 unspecified atom stereocenters. The van der Waals surface area contributed by atoms with Gasteiger partial charge in [0.05, 0.1) is 0 Å². The van der Waals surface area contributed by atoms with Gasteiger partial charge in [-0.3, -0.25) is 14.4 Å². The van der Waals surface area contributed by atoms with E-state index >= 15 is 0 Å². The van der Waals surface area contributed by atoms with Crippen LogP contribution in [0.5, 0.6) is 0 Å². The lowest BCUT2D eigenvalue weighted by Crippen LogP contribution is -2.43. The van der Waals surface area contributed by atoms with E-state index in [0.29, 0.717) is 11.4 Å². The van der Waals surface area contributed by atoms with Crippen LogP contribution >= 0.6 is 0 Å². The molecular weight excluding hydrogens is 292 g/mol. The van der Waals surface area contributed by atoms with E-state index in [1.165, 1.54) is 12.1 Å². The third-order valence-corrected chi connectivity index (χ3v) is 3.14. The topological polar surface area (TPSA) is 126 Å². The van der Waals surface area contributed by atoms with Gasteiger partial charge in [-0.15, -0.1) is 0 Å². The molecule has 1 rings (SSSR count).